The fraction of sp³-hybridized carbons (Fsp3) is 0.250. The van der Waals surface area contributed by atoms with Gasteiger partial charge in [0.1, 0.15) is 11.4 Å². The van der Waals surface area contributed by atoms with E-state index in [1.807, 2.05) is 0 Å². The first-order chi connectivity index (χ1) is 12.5. The number of anilines is 1. The molecule has 1 aliphatic rings. The Morgan fingerprint density at radius 1 is 1.27 bits per heavy atom. The number of halogens is 2. The van der Waals surface area contributed by atoms with E-state index in [4.69, 9.17) is 9.15 Å². The summed E-state index contributed by atoms with van der Waals surface area (Å²) in [4.78, 5) is 12.5. The number of fused-ring (bicyclic) bond motifs is 2. The fourth-order valence-corrected chi connectivity index (χ4v) is 4.11. The highest BCUT2D eigenvalue weighted by atomic mass is 79.9. The molecule has 0 unspecified atom stereocenters. The molecule has 0 saturated carbocycles. The molecule has 0 atom stereocenters. The van der Waals surface area contributed by atoms with Crippen molar-refractivity contribution in [2.45, 2.75) is 25.7 Å². The highest BCUT2D eigenvalue weighted by Crippen LogP contribution is 2.35. The molecule has 1 aliphatic carbocycles. The van der Waals surface area contributed by atoms with Crippen LogP contribution in [0.1, 0.15) is 23.1 Å². The molecule has 0 spiro atoms. The Bertz CT molecular complexity index is 1010. The minimum Gasteiger partial charge on any atom is -0.493 e. The molecule has 26 heavy (non-hydrogen) atoms. The Balaban J connectivity index is 1.59. The Morgan fingerprint density at radius 3 is 2.81 bits per heavy atom. The second kappa shape index (κ2) is 6.76. The zero-order chi connectivity index (χ0) is 18.3. The number of nitrogens with one attached hydrogen (secondary N) is 1. The minimum atomic E-state index is -0.461. The molecule has 1 heterocycles. The van der Waals surface area contributed by atoms with Gasteiger partial charge in [-0.1, -0.05) is 0 Å². The van der Waals surface area contributed by atoms with Gasteiger partial charge in [0.25, 0.3) is 0 Å². The highest BCUT2D eigenvalue weighted by molar-refractivity contribution is 9.10. The summed E-state index contributed by atoms with van der Waals surface area (Å²) in [6.45, 7) is 0. The van der Waals surface area contributed by atoms with E-state index in [1.54, 1.807) is 6.26 Å². The third-order valence-corrected chi connectivity index (χ3v) is 5.29. The summed E-state index contributed by atoms with van der Waals surface area (Å²) in [6, 6.07) is 6.73. The Labute approximate surface area is 158 Å². The molecular weight excluding hydrogens is 401 g/mol. The van der Waals surface area contributed by atoms with Crippen LogP contribution in [0.2, 0.25) is 0 Å². The van der Waals surface area contributed by atoms with Crippen molar-refractivity contribution in [3.05, 3.63) is 57.5 Å². The van der Waals surface area contributed by atoms with Crippen molar-refractivity contribution < 1.29 is 18.3 Å². The lowest BCUT2D eigenvalue weighted by Gasteiger charge is -2.12. The van der Waals surface area contributed by atoms with Gasteiger partial charge in [0.2, 0.25) is 5.91 Å². The summed E-state index contributed by atoms with van der Waals surface area (Å²) in [7, 11) is 1.47. The number of aryl methyl sites for hydroxylation is 2. The molecule has 2 aromatic carbocycles. The van der Waals surface area contributed by atoms with E-state index >= 15 is 0 Å². The van der Waals surface area contributed by atoms with Crippen molar-refractivity contribution >= 4 is 38.5 Å². The predicted octanol–water partition coefficient (Wildman–Crippen LogP) is 5.01. The standard InChI is InChI=1S/C20H17BrFNO3/c1-25-20-16(21)8-14(22)9-17(20)23-19(24)7-13-10-26-18-6-12-4-2-3-11(12)5-15(13)18/h5-6,8-10H,2-4,7H2,1H3,(H,23,24). The quantitative estimate of drug-likeness (QED) is 0.648. The monoisotopic (exact) mass is 417 g/mol. The molecule has 0 saturated heterocycles. The maximum Gasteiger partial charge on any atom is 0.229 e. The molecule has 0 radical (unpaired) electrons. The molecule has 0 bridgehead atoms. The summed E-state index contributed by atoms with van der Waals surface area (Å²) in [5, 5.41) is 3.69. The zero-order valence-electron chi connectivity index (χ0n) is 14.2. The largest absolute Gasteiger partial charge is 0.493 e. The second-order valence-electron chi connectivity index (χ2n) is 6.42. The van der Waals surface area contributed by atoms with Crippen molar-refractivity contribution in [3.8, 4) is 5.75 Å². The average molecular weight is 418 g/mol. The van der Waals surface area contributed by atoms with Crippen molar-refractivity contribution in [1.29, 1.82) is 0 Å². The molecule has 4 nitrogen and oxygen atoms in total. The number of rotatable bonds is 4. The van der Waals surface area contributed by atoms with Gasteiger partial charge in [0.15, 0.2) is 5.75 Å². The van der Waals surface area contributed by atoms with Crippen LogP contribution in [-0.2, 0) is 24.1 Å². The van der Waals surface area contributed by atoms with Gasteiger partial charge in [-0.05, 0) is 64.5 Å². The van der Waals surface area contributed by atoms with Crippen LogP contribution in [0.15, 0.2) is 39.4 Å². The molecule has 0 fully saturated rings. The molecule has 6 heteroatoms. The Hall–Kier alpha value is -2.34. The van der Waals surface area contributed by atoms with Gasteiger partial charge in [0.05, 0.1) is 30.0 Å². The summed E-state index contributed by atoms with van der Waals surface area (Å²) in [6.07, 6.45) is 5.07. The van der Waals surface area contributed by atoms with Gasteiger partial charge < -0.3 is 14.5 Å². The Morgan fingerprint density at radius 2 is 2.04 bits per heavy atom. The van der Waals surface area contributed by atoms with E-state index in [0.29, 0.717) is 10.2 Å². The molecule has 3 aromatic rings. The van der Waals surface area contributed by atoms with E-state index in [1.165, 1.54) is 30.4 Å². The van der Waals surface area contributed by atoms with Gasteiger partial charge in [-0.15, -0.1) is 0 Å². The number of methoxy groups -OCH3 is 1. The number of amides is 1. The van der Waals surface area contributed by atoms with Gasteiger partial charge in [-0.25, -0.2) is 4.39 Å². The van der Waals surface area contributed by atoms with Gasteiger partial charge >= 0.3 is 0 Å². The molecule has 1 amide bonds. The lowest BCUT2D eigenvalue weighted by atomic mass is 10.0. The first-order valence-electron chi connectivity index (χ1n) is 8.40. The van der Waals surface area contributed by atoms with Crippen molar-refractivity contribution in [2.24, 2.45) is 0 Å². The maximum absolute atomic E-state index is 13.7. The average Bonchev–Trinajstić information content (AvgIpc) is 3.19. The summed E-state index contributed by atoms with van der Waals surface area (Å²) < 4.78 is 25.0. The third-order valence-electron chi connectivity index (χ3n) is 4.71. The third kappa shape index (κ3) is 3.09. The number of hydrogen-bond acceptors (Lipinski definition) is 3. The minimum absolute atomic E-state index is 0.142. The molecule has 134 valence electrons. The molecule has 4 rings (SSSR count). The van der Waals surface area contributed by atoms with E-state index in [9.17, 15) is 9.18 Å². The summed E-state index contributed by atoms with van der Waals surface area (Å²) in [5.41, 5.74) is 4.58. The van der Waals surface area contributed by atoms with E-state index in [-0.39, 0.29) is 18.0 Å². The summed E-state index contributed by atoms with van der Waals surface area (Å²) in [5.74, 6) is -0.337. The highest BCUT2D eigenvalue weighted by Gasteiger charge is 2.18. The topological polar surface area (TPSA) is 51.5 Å². The van der Waals surface area contributed by atoms with Crippen LogP contribution in [0, 0.1) is 5.82 Å². The van der Waals surface area contributed by atoms with Crippen LogP contribution < -0.4 is 10.1 Å². The van der Waals surface area contributed by atoms with E-state index in [2.05, 4.69) is 33.4 Å². The van der Waals surface area contributed by atoms with E-state index in [0.717, 1.165) is 35.8 Å². The van der Waals surface area contributed by atoms with Crippen molar-refractivity contribution in [2.75, 3.05) is 12.4 Å². The number of carbonyl (C=O) groups is 1. The first kappa shape index (κ1) is 17.1. The lowest BCUT2D eigenvalue weighted by Crippen LogP contribution is -2.15. The number of benzene rings is 2. The Kier molecular flexibility index (Phi) is 4.44. The fourth-order valence-electron chi connectivity index (χ4n) is 3.51. The van der Waals surface area contributed by atoms with Gasteiger partial charge in [-0.2, -0.15) is 0 Å². The number of carbonyl (C=O) groups excluding carboxylic acids is 1. The van der Waals surface area contributed by atoms with Crippen LogP contribution in [0.4, 0.5) is 10.1 Å². The van der Waals surface area contributed by atoms with Crippen LogP contribution in [0.3, 0.4) is 0 Å². The van der Waals surface area contributed by atoms with Crippen LogP contribution in [-0.4, -0.2) is 13.0 Å². The number of hydrogen-bond donors (Lipinski definition) is 1. The molecule has 1 aromatic heterocycles. The zero-order valence-corrected chi connectivity index (χ0v) is 15.8. The molecular formula is C20H17BrFNO3. The lowest BCUT2D eigenvalue weighted by molar-refractivity contribution is -0.115. The van der Waals surface area contributed by atoms with Crippen LogP contribution in [0.5, 0.6) is 5.75 Å². The van der Waals surface area contributed by atoms with Gasteiger partial charge in [0, 0.05) is 17.0 Å². The maximum atomic E-state index is 13.7. The number of ether oxygens (including phenoxy) is 1. The summed E-state index contributed by atoms with van der Waals surface area (Å²) >= 11 is 3.24. The predicted molar refractivity (Wildman–Crippen MR) is 101 cm³/mol. The van der Waals surface area contributed by atoms with Gasteiger partial charge in [-0.3, -0.25) is 4.79 Å². The van der Waals surface area contributed by atoms with Crippen LogP contribution >= 0.6 is 15.9 Å². The molecule has 0 aliphatic heterocycles. The first-order valence-corrected chi connectivity index (χ1v) is 9.19. The van der Waals surface area contributed by atoms with E-state index < -0.39 is 5.82 Å². The second-order valence-corrected chi connectivity index (χ2v) is 7.28. The van der Waals surface area contributed by atoms with Crippen LogP contribution in [0.25, 0.3) is 11.0 Å². The normalized spacial score (nSPS) is 13.0. The SMILES string of the molecule is COc1c(Br)cc(F)cc1NC(=O)Cc1coc2cc3c(cc12)CCC3. The molecule has 1 N–H and O–H groups in total. The van der Waals surface area contributed by atoms with Crippen molar-refractivity contribution in [1.82, 2.24) is 0 Å². The smallest absolute Gasteiger partial charge is 0.229 e. The number of furan rings is 1. The van der Waals surface area contributed by atoms with Crippen molar-refractivity contribution in [3.63, 3.8) is 0 Å².